The molecule has 1 rings (SSSR count). The van der Waals surface area contributed by atoms with Gasteiger partial charge in [-0.15, -0.1) is 0 Å². The molecule has 2 unspecified atom stereocenters. The molecule has 1 amide bonds. The molecule has 0 aromatic carbocycles. The first-order valence-electron chi connectivity index (χ1n) is 6.09. The Bertz CT molecular complexity index is 504. The second-order valence-corrected chi connectivity index (χ2v) is 4.58. The lowest BCUT2D eigenvalue weighted by atomic mass is 10.00. The monoisotopic (exact) mass is 329 g/mol. The van der Waals surface area contributed by atoms with Gasteiger partial charge in [-0.05, 0) is 18.6 Å². The van der Waals surface area contributed by atoms with Crippen molar-refractivity contribution >= 4 is 6.09 Å². The van der Waals surface area contributed by atoms with Crippen molar-refractivity contribution in [2.75, 3.05) is 0 Å². The van der Waals surface area contributed by atoms with Gasteiger partial charge in [0.15, 0.2) is 0 Å². The topological polar surface area (TPSA) is 38.3 Å². The third-order valence-corrected chi connectivity index (χ3v) is 2.80. The van der Waals surface area contributed by atoms with E-state index in [1.54, 1.807) is 0 Å². The van der Waals surface area contributed by atoms with E-state index in [0.717, 1.165) is 0 Å². The highest BCUT2D eigenvalue weighted by atomic mass is 19.4. The van der Waals surface area contributed by atoms with Crippen LogP contribution in [0.2, 0.25) is 0 Å². The van der Waals surface area contributed by atoms with Crippen molar-refractivity contribution in [2.24, 2.45) is 0 Å². The first kappa shape index (κ1) is 18.1. The summed E-state index contributed by atoms with van der Waals surface area (Å²) in [7, 11) is 0. The van der Waals surface area contributed by atoms with E-state index in [-0.39, 0.29) is 0 Å². The number of alkyl carbamates (subject to hydrolysis) is 1. The Morgan fingerprint density at radius 3 is 2.27 bits per heavy atom. The predicted octanol–water partition coefficient (Wildman–Crippen LogP) is 4.04. The first-order chi connectivity index (χ1) is 9.94. The molecule has 9 heteroatoms. The average Bonchev–Trinajstić information content (AvgIpc) is 2.66. The lowest BCUT2D eigenvalue weighted by Crippen LogP contribution is -2.29. The molecule has 0 aromatic rings. The van der Waals surface area contributed by atoms with Crippen molar-refractivity contribution in [3.05, 3.63) is 36.0 Å². The van der Waals surface area contributed by atoms with Gasteiger partial charge in [0.1, 0.15) is 6.10 Å². The Morgan fingerprint density at radius 1 is 1.32 bits per heavy atom. The van der Waals surface area contributed by atoms with Crippen LogP contribution in [0.25, 0.3) is 0 Å². The molecule has 0 spiro atoms. The summed E-state index contributed by atoms with van der Waals surface area (Å²) in [5.74, 6) is 0. The number of alkyl halides is 6. The van der Waals surface area contributed by atoms with Crippen molar-refractivity contribution in [1.29, 1.82) is 0 Å². The van der Waals surface area contributed by atoms with Gasteiger partial charge in [0, 0.05) is 0 Å². The van der Waals surface area contributed by atoms with Crippen molar-refractivity contribution in [3.63, 3.8) is 0 Å². The fourth-order valence-corrected chi connectivity index (χ4v) is 1.80. The van der Waals surface area contributed by atoms with Gasteiger partial charge in [-0.3, -0.25) is 0 Å². The quantitative estimate of drug-likeness (QED) is 0.624. The zero-order chi connectivity index (χ0) is 17.1. The molecule has 0 radical (unpaired) electrons. The van der Waals surface area contributed by atoms with Gasteiger partial charge in [0.25, 0.3) is 0 Å². The van der Waals surface area contributed by atoms with E-state index in [0.29, 0.717) is 18.2 Å². The van der Waals surface area contributed by atoms with Gasteiger partial charge in [0.05, 0.1) is 18.0 Å². The van der Waals surface area contributed by atoms with E-state index in [1.165, 1.54) is 6.92 Å². The van der Waals surface area contributed by atoms with Crippen LogP contribution in [-0.2, 0) is 4.74 Å². The molecule has 1 N–H and O–H groups in total. The number of hydrogen-bond acceptors (Lipinski definition) is 2. The molecule has 0 bridgehead atoms. The zero-order valence-electron chi connectivity index (χ0n) is 11.4. The molecular formula is C13H13F6NO2. The Hall–Kier alpha value is -1.93. The highest BCUT2D eigenvalue weighted by molar-refractivity contribution is 5.71. The second-order valence-electron chi connectivity index (χ2n) is 4.58. The van der Waals surface area contributed by atoms with Crippen molar-refractivity contribution < 1.29 is 35.9 Å². The number of carbonyl (C=O) groups is 1. The minimum absolute atomic E-state index is 0.393. The van der Waals surface area contributed by atoms with E-state index in [1.807, 2.05) is 0 Å². The van der Waals surface area contributed by atoms with Gasteiger partial charge < -0.3 is 10.1 Å². The van der Waals surface area contributed by atoms with Crippen LogP contribution in [-0.4, -0.2) is 30.6 Å². The van der Waals surface area contributed by atoms with Crippen molar-refractivity contribution in [1.82, 2.24) is 5.32 Å². The molecule has 1 aliphatic heterocycles. The molecule has 124 valence electrons. The molecule has 1 heterocycles. The fraction of sp³-hybridized carbons (Fsp3) is 0.462. The third kappa shape index (κ3) is 5.12. The number of hydrogen-bond donors (Lipinski definition) is 1. The van der Waals surface area contributed by atoms with E-state index in [4.69, 9.17) is 4.74 Å². The molecule has 2 atom stereocenters. The molecule has 1 aliphatic rings. The van der Waals surface area contributed by atoms with Gasteiger partial charge >= 0.3 is 18.4 Å². The lowest BCUT2D eigenvalue weighted by Gasteiger charge is -2.17. The number of nitrogens with one attached hydrogen (secondary N) is 1. The maximum absolute atomic E-state index is 12.7. The molecule has 3 nitrogen and oxygen atoms in total. The smallest absolute Gasteiger partial charge is 0.416 e. The summed E-state index contributed by atoms with van der Waals surface area (Å²) < 4.78 is 79.7. The van der Waals surface area contributed by atoms with Crippen LogP contribution in [0.5, 0.6) is 0 Å². The molecule has 0 aliphatic carbocycles. The van der Waals surface area contributed by atoms with E-state index < -0.39 is 48.2 Å². The number of amides is 1. The lowest BCUT2D eigenvalue weighted by molar-refractivity contribution is -0.125. The van der Waals surface area contributed by atoms with E-state index in [9.17, 15) is 31.1 Å². The van der Waals surface area contributed by atoms with Gasteiger partial charge in [-0.2, -0.15) is 26.3 Å². The maximum atomic E-state index is 12.7. The van der Waals surface area contributed by atoms with Crippen LogP contribution in [0, 0.1) is 0 Å². The fourth-order valence-electron chi connectivity index (χ4n) is 1.80. The van der Waals surface area contributed by atoms with Crippen LogP contribution >= 0.6 is 0 Å². The Balaban J connectivity index is 3.20. The third-order valence-electron chi connectivity index (χ3n) is 2.80. The molecular weight excluding hydrogens is 316 g/mol. The van der Waals surface area contributed by atoms with Crippen LogP contribution in [0.4, 0.5) is 31.1 Å². The summed E-state index contributed by atoms with van der Waals surface area (Å²) in [5, 5.41) is 2.25. The molecule has 22 heavy (non-hydrogen) atoms. The molecule has 1 fully saturated rings. The van der Waals surface area contributed by atoms with Gasteiger partial charge in [-0.25, -0.2) is 4.79 Å². The average molecular weight is 329 g/mol. The minimum Gasteiger partial charge on any atom is -0.439 e. The van der Waals surface area contributed by atoms with Crippen LogP contribution in [0.15, 0.2) is 36.0 Å². The molecule has 0 saturated carbocycles. The Morgan fingerprint density at radius 2 is 1.91 bits per heavy atom. The number of cyclic esters (lactones) is 1. The van der Waals surface area contributed by atoms with Crippen LogP contribution < -0.4 is 5.32 Å². The summed E-state index contributed by atoms with van der Waals surface area (Å²) >= 11 is 0. The molecule has 0 aromatic heterocycles. The maximum Gasteiger partial charge on any atom is 0.416 e. The number of ether oxygens (including phenoxy) is 1. The standard InChI is InChI=1S/C13H13F6NO2/c1-3-9(13(17,18)19)6-8(4-5-12(14,15)16)10-7(2)20-11(21)22-10/h3-4,6-7,10H,1,5H2,2H3,(H,20,21)/b8-4+,9-6+. The molecule has 1 saturated heterocycles. The number of allylic oxidation sites excluding steroid dienone is 3. The highest BCUT2D eigenvalue weighted by Crippen LogP contribution is 2.31. The van der Waals surface area contributed by atoms with E-state index >= 15 is 0 Å². The van der Waals surface area contributed by atoms with E-state index in [2.05, 4.69) is 11.9 Å². The minimum atomic E-state index is -4.78. The SMILES string of the molecule is C=C/C(=C\C(=C/CC(F)(F)F)C1OC(=O)NC1C)C(F)(F)F. The summed E-state index contributed by atoms with van der Waals surface area (Å²) in [6, 6.07) is -0.762. The summed E-state index contributed by atoms with van der Waals surface area (Å²) in [6.07, 6.45) is -11.4. The predicted molar refractivity (Wildman–Crippen MR) is 66.0 cm³/mol. The van der Waals surface area contributed by atoms with Gasteiger partial charge in [-0.1, -0.05) is 18.7 Å². The second kappa shape index (κ2) is 6.45. The summed E-state index contributed by atoms with van der Waals surface area (Å²) in [6.45, 7) is 4.40. The zero-order valence-corrected chi connectivity index (χ0v) is 11.4. The highest BCUT2D eigenvalue weighted by Gasteiger charge is 2.37. The van der Waals surface area contributed by atoms with Crippen LogP contribution in [0.1, 0.15) is 13.3 Å². The normalized spacial score (nSPS) is 24.0. The number of carbonyl (C=O) groups excluding carboxylic acids is 1. The number of rotatable bonds is 4. The summed E-state index contributed by atoms with van der Waals surface area (Å²) in [5.41, 5.74) is -1.62. The number of halogens is 6. The summed E-state index contributed by atoms with van der Waals surface area (Å²) in [4.78, 5) is 11.1. The van der Waals surface area contributed by atoms with Crippen LogP contribution in [0.3, 0.4) is 0 Å². The van der Waals surface area contributed by atoms with Crippen molar-refractivity contribution in [3.8, 4) is 0 Å². The first-order valence-corrected chi connectivity index (χ1v) is 6.09. The Kier molecular flexibility index (Phi) is 5.31. The Labute approximate surface area is 122 Å². The van der Waals surface area contributed by atoms with Gasteiger partial charge in [0.2, 0.25) is 0 Å². The van der Waals surface area contributed by atoms with Crippen molar-refractivity contribution in [2.45, 2.75) is 37.8 Å². The largest absolute Gasteiger partial charge is 0.439 e.